The molecule has 1 N–H and O–H groups in total. The molecule has 1 aliphatic rings. The van der Waals surface area contributed by atoms with Gasteiger partial charge in [0.1, 0.15) is 10.7 Å². The van der Waals surface area contributed by atoms with Crippen LogP contribution in [0.25, 0.3) is 10.4 Å². The van der Waals surface area contributed by atoms with E-state index in [1.165, 1.54) is 0 Å². The van der Waals surface area contributed by atoms with Crippen LogP contribution in [0.4, 0.5) is 5.69 Å². The van der Waals surface area contributed by atoms with Crippen molar-refractivity contribution in [2.45, 2.75) is 31.3 Å². The van der Waals surface area contributed by atoms with E-state index in [9.17, 15) is 0 Å². The van der Waals surface area contributed by atoms with E-state index < -0.39 is 5.66 Å². The van der Waals surface area contributed by atoms with Crippen molar-refractivity contribution in [2.75, 3.05) is 11.4 Å². The number of hydrogen-bond donors (Lipinski definition) is 1. The number of allylic oxidation sites excluding steroid dienone is 1. The van der Waals surface area contributed by atoms with Crippen molar-refractivity contribution >= 4 is 40.7 Å². The van der Waals surface area contributed by atoms with Gasteiger partial charge in [0.2, 0.25) is 0 Å². The smallest absolute Gasteiger partial charge is 0.118 e. The zero-order valence-corrected chi connectivity index (χ0v) is 18.1. The van der Waals surface area contributed by atoms with Crippen molar-refractivity contribution in [3.05, 3.63) is 73.9 Å². The first-order valence-electron chi connectivity index (χ1n) is 8.71. The average molecular weight is 435 g/mol. The molecule has 1 aromatic carbocycles. The zero-order valence-electron chi connectivity index (χ0n) is 15.7. The first-order valence-corrected chi connectivity index (χ1v) is 10.3. The molecule has 0 bridgehead atoms. The Kier molecular flexibility index (Phi) is 6.30. The molecule has 0 saturated heterocycles. The number of hydrogen-bond acceptors (Lipinski definition) is 5. The van der Waals surface area contributed by atoms with Crippen LogP contribution in [-0.4, -0.2) is 17.2 Å². The molecule has 9 heteroatoms. The third-order valence-electron chi connectivity index (χ3n) is 4.32. The molecule has 1 aromatic heterocycles. The average Bonchev–Trinajstić information content (AvgIpc) is 2.93. The van der Waals surface area contributed by atoms with Gasteiger partial charge < -0.3 is 10.2 Å². The van der Waals surface area contributed by atoms with E-state index in [2.05, 4.69) is 39.1 Å². The molecule has 0 aliphatic carbocycles. The Morgan fingerprint density at radius 3 is 2.46 bits per heavy atom. The summed E-state index contributed by atoms with van der Waals surface area (Å²) in [6.07, 6.45) is 3.49. The number of thioether (sulfide) groups is 1. The van der Waals surface area contributed by atoms with Crippen LogP contribution >= 0.6 is 35.0 Å². The molecule has 2 heterocycles. The van der Waals surface area contributed by atoms with Crippen LogP contribution in [0.1, 0.15) is 20.8 Å². The van der Waals surface area contributed by atoms with E-state index in [-0.39, 0.29) is 12.5 Å². The fourth-order valence-electron chi connectivity index (χ4n) is 3.11. The van der Waals surface area contributed by atoms with Crippen molar-refractivity contribution in [1.82, 2.24) is 10.3 Å². The van der Waals surface area contributed by atoms with Crippen molar-refractivity contribution in [3.8, 4) is 0 Å². The SMILES string of the molecule is CC(C)C1=C(Sc2cc(Cl)cc(Cl)c2)N(c2ccncc2)C(C)(CN=[N+]=[N-])N1. The minimum Gasteiger partial charge on any atom is -0.364 e. The minimum absolute atomic E-state index is 0.231. The zero-order chi connectivity index (χ0) is 20.3. The van der Waals surface area contributed by atoms with E-state index >= 15 is 0 Å². The summed E-state index contributed by atoms with van der Waals surface area (Å²) in [7, 11) is 0. The number of benzene rings is 1. The number of pyridine rings is 1. The van der Waals surface area contributed by atoms with Crippen LogP contribution < -0.4 is 10.2 Å². The van der Waals surface area contributed by atoms with E-state index in [1.807, 2.05) is 31.2 Å². The Balaban J connectivity index is 2.12. The number of anilines is 1. The summed E-state index contributed by atoms with van der Waals surface area (Å²) in [5.41, 5.74) is 10.3. The summed E-state index contributed by atoms with van der Waals surface area (Å²) < 4.78 is 0. The number of halogens is 2. The highest BCUT2D eigenvalue weighted by atomic mass is 35.5. The summed E-state index contributed by atoms with van der Waals surface area (Å²) in [6.45, 7) is 6.52. The molecule has 6 nitrogen and oxygen atoms in total. The Labute approximate surface area is 178 Å². The van der Waals surface area contributed by atoms with Gasteiger partial charge >= 0.3 is 0 Å². The predicted molar refractivity (Wildman–Crippen MR) is 116 cm³/mol. The van der Waals surface area contributed by atoms with Crippen molar-refractivity contribution < 1.29 is 0 Å². The molecule has 0 spiro atoms. The molecular formula is C19H20Cl2N6S. The molecule has 28 heavy (non-hydrogen) atoms. The van der Waals surface area contributed by atoms with E-state index in [0.717, 1.165) is 21.3 Å². The predicted octanol–water partition coefficient (Wildman–Crippen LogP) is 6.44. The van der Waals surface area contributed by atoms with Crippen LogP contribution in [0.15, 0.2) is 63.5 Å². The summed E-state index contributed by atoms with van der Waals surface area (Å²) in [5.74, 6) is 0.231. The lowest BCUT2D eigenvalue weighted by Crippen LogP contribution is -2.53. The largest absolute Gasteiger partial charge is 0.364 e. The highest BCUT2D eigenvalue weighted by Gasteiger charge is 2.42. The molecule has 1 aliphatic heterocycles. The maximum atomic E-state index is 8.89. The van der Waals surface area contributed by atoms with Gasteiger partial charge in [-0.15, -0.1) is 0 Å². The van der Waals surface area contributed by atoms with Crippen LogP contribution in [-0.2, 0) is 0 Å². The summed E-state index contributed by atoms with van der Waals surface area (Å²) in [6, 6.07) is 9.35. The maximum Gasteiger partial charge on any atom is 0.118 e. The number of nitrogens with one attached hydrogen (secondary N) is 1. The van der Waals surface area contributed by atoms with Gasteiger partial charge in [-0.2, -0.15) is 0 Å². The molecule has 3 rings (SSSR count). The summed E-state index contributed by atoms with van der Waals surface area (Å²) in [4.78, 5) is 10.2. The third kappa shape index (κ3) is 4.33. The molecule has 0 radical (unpaired) electrons. The van der Waals surface area contributed by atoms with Gasteiger partial charge in [0.05, 0.1) is 6.54 Å². The summed E-state index contributed by atoms with van der Waals surface area (Å²) in [5, 5.41) is 9.61. The maximum absolute atomic E-state index is 8.89. The third-order valence-corrected chi connectivity index (χ3v) is 5.83. The number of aromatic nitrogens is 1. The van der Waals surface area contributed by atoms with Gasteiger partial charge in [-0.1, -0.05) is 53.9 Å². The van der Waals surface area contributed by atoms with Crippen LogP contribution in [0.3, 0.4) is 0 Å². The fourth-order valence-corrected chi connectivity index (χ4v) is 5.16. The number of rotatable bonds is 6. The van der Waals surface area contributed by atoms with Gasteiger partial charge in [-0.05, 0) is 48.7 Å². The van der Waals surface area contributed by atoms with Crippen LogP contribution in [0.2, 0.25) is 10.0 Å². The number of nitrogens with zero attached hydrogens (tertiary/aromatic N) is 5. The van der Waals surface area contributed by atoms with Gasteiger partial charge in [-0.25, -0.2) is 0 Å². The first-order chi connectivity index (χ1) is 13.3. The van der Waals surface area contributed by atoms with Crippen molar-refractivity contribution in [2.24, 2.45) is 11.0 Å². The minimum atomic E-state index is -0.613. The highest BCUT2D eigenvalue weighted by Crippen LogP contribution is 2.45. The second kappa shape index (κ2) is 8.53. The van der Waals surface area contributed by atoms with Gasteiger partial charge in [0, 0.05) is 43.6 Å². The lowest BCUT2D eigenvalue weighted by molar-refractivity contribution is 0.418. The molecular weight excluding hydrogens is 415 g/mol. The molecule has 1 unspecified atom stereocenters. The second-order valence-electron chi connectivity index (χ2n) is 6.91. The molecule has 1 atom stereocenters. The summed E-state index contributed by atoms with van der Waals surface area (Å²) >= 11 is 14.0. The monoisotopic (exact) mass is 434 g/mol. The van der Waals surface area contributed by atoms with Gasteiger partial charge in [0.25, 0.3) is 0 Å². The Hall–Kier alpha value is -2.05. The molecule has 0 saturated carbocycles. The topological polar surface area (TPSA) is 76.9 Å². The Bertz CT molecular complexity index is 922. The van der Waals surface area contributed by atoms with E-state index in [1.54, 1.807) is 30.2 Å². The normalized spacial score (nSPS) is 19.0. The standard InChI is InChI=1S/C19H20Cl2N6S/c1-12(2)17-18(28-16-9-13(20)8-14(21)10-16)27(15-4-6-23-7-5-15)19(3,25-17)11-24-26-22/h4-10,12,25H,11H2,1-3H3. The molecule has 146 valence electrons. The fraction of sp³-hybridized carbons (Fsp3) is 0.316. The highest BCUT2D eigenvalue weighted by molar-refractivity contribution is 8.03. The van der Waals surface area contributed by atoms with E-state index in [4.69, 9.17) is 28.7 Å². The molecule has 0 amide bonds. The Morgan fingerprint density at radius 2 is 1.89 bits per heavy atom. The molecule has 2 aromatic rings. The molecule has 0 fully saturated rings. The second-order valence-corrected chi connectivity index (χ2v) is 8.84. The van der Waals surface area contributed by atoms with Crippen molar-refractivity contribution in [3.63, 3.8) is 0 Å². The number of azide groups is 1. The van der Waals surface area contributed by atoms with Crippen molar-refractivity contribution in [1.29, 1.82) is 0 Å². The lowest BCUT2D eigenvalue weighted by atomic mass is 10.1. The van der Waals surface area contributed by atoms with Crippen LogP contribution in [0, 0.1) is 5.92 Å². The van der Waals surface area contributed by atoms with E-state index in [0.29, 0.717) is 10.0 Å². The van der Waals surface area contributed by atoms with Gasteiger partial charge in [0.15, 0.2) is 0 Å². The lowest BCUT2D eigenvalue weighted by Gasteiger charge is -2.37. The quantitative estimate of drug-likeness (QED) is 0.322. The van der Waals surface area contributed by atoms with Crippen LogP contribution in [0.5, 0.6) is 0 Å². The Morgan fingerprint density at radius 1 is 1.25 bits per heavy atom. The first kappa shape index (κ1) is 20.7. The van der Waals surface area contributed by atoms with Gasteiger partial charge in [-0.3, -0.25) is 4.98 Å².